The second-order valence-corrected chi connectivity index (χ2v) is 13.0. The van der Waals surface area contributed by atoms with Gasteiger partial charge in [0, 0.05) is 35.7 Å². The zero-order chi connectivity index (χ0) is 36.7. The summed E-state index contributed by atoms with van der Waals surface area (Å²) in [6.07, 6.45) is 3.57. The van der Waals surface area contributed by atoms with E-state index in [9.17, 15) is 14.4 Å². The standard InChI is InChI=1S/C38H48N8O6.ClH/c1-25-21-31(36(48)40-15-17-51-19-20-52-18-16-47)11-14-33(25)30-4-2-3-27(22-30)23-34(42-37(49)29-7-5-26(24-39)6-8-29)38(50)41-32-12-9-28(10-13-32)35-43-45-46-44-35;/h2-4,9-14,21-22,26,29,34,47H,5-8,15-20,23-24,39H2,1H3,(H,40,48)(H,41,50)(H,42,49)(H,43,44,45,46);1H/t26?,29?,34-;/m0./s1. The molecule has 0 radical (unpaired) electrons. The zero-order valence-corrected chi connectivity index (χ0v) is 30.7. The lowest BCUT2D eigenvalue weighted by molar-refractivity contribution is -0.130. The number of aromatic nitrogens is 4. The highest BCUT2D eigenvalue weighted by Crippen LogP contribution is 2.29. The number of tetrazole rings is 1. The topological polar surface area (TPSA) is 206 Å². The predicted molar refractivity (Wildman–Crippen MR) is 203 cm³/mol. The minimum Gasteiger partial charge on any atom is -0.394 e. The van der Waals surface area contributed by atoms with Crippen molar-refractivity contribution in [3.63, 3.8) is 0 Å². The highest BCUT2D eigenvalue weighted by atomic mass is 35.5. The Labute approximate surface area is 315 Å². The van der Waals surface area contributed by atoms with E-state index in [1.54, 1.807) is 30.3 Å². The molecule has 5 rings (SSSR count). The Morgan fingerprint density at radius 1 is 0.943 bits per heavy atom. The van der Waals surface area contributed by atoms with E-state index < -0.39 is 6.04 Å². The molecule has 53 heavy (non-hydrogen) atoms. The van der Waals surface area contributed by atoms with Crippen LogP contribution < -0.4 is 21.7 Å². The maximum absolute atomic E-state index is 13.8. The summed E-state index contributed by atoms with van der Waals surface area (Å²) in [4.78, 5) is 40.1. The molecule has 0 bridgehead atoms. The van der Waals surface area contributed by atoms with Crippen molar-refractivity contribution >= 4 is 35.8 Å². The van der Waals surface area contributed by atoms with Crippen LogP contribution in [0, 0.1) is 18.8 Å². The molecule has 0 saturated heterocycles. The molecule has 7 N–H and O–H groups in total. The highest BCUT2D eigenvalue weighted by molar-refractivity contribution is 5.98. The van der Waals surface area contributed by atoms with Crippen molar-refractivity contribution in [1.29, 1.82) is 0 Å². The van der Waals surface area contributed by atoms with E-state index >= 15 is 0 Å². The molecule has 1 saturated carbocycles. The Hall–Kier alpha value is -4.73. The Balaban J connectivity index is 0.00000627. The number of aromatic amines is 1. The molecule has 0 spiro atoms. The number of aryl methyl sites for hydroxylation is 1. The van der Waals surface area contributed by atoms with Crippen LogP contribution in [-0.2, 0) is 25.5 Å². The van der Waals surface area contributed by atoms with Gasteiger partial charge < -0.3 is 36.3 Å². The average Bonchev–Trinajstić information content (AvgIpc) is 3.71. The van der Waals surface area contributed by atoms with Crippen LogP contribution in [0.4, 0.5) is 5.69 Å². The number of aliphatic hydroxyl groups is 1. The largest absolute Gasteiger partial charge is 0.394 e. The molecule has 1 atom stereocenters. The van der Waals surface area contributed by atoms with E-state index in [4.69, 9.17) is 20.3 Å². The van der Waals surface area contributed by atoms with E-state index in [1.165, 1.54) is 0 Å². The second-order valence-electron chi connectivity index (χ2n) is 13.0. The number of ether oxygens (including phenoxy) is 2. The van der Waals surface area contributed by atoms with Crippen LogP contribution in [0.15, 0.2) is 66.7 Å². The van der Waals surface area contributed by atoms with E-state index in [0.717, 1.165) is 53.5 Å². The summed E-state index contributed by atoms with van der Waals surface area (Å²) in [5.74, 6) is 0.0637. The first-order chi connectivity index (χ1) is 25.3. The van der Waals surface area contributed by atoms with Crippen molar-refractivity contribution in [2.75, 3.05) is 51.4 Å². The van der Waals surface area contributed by atoms with E-state index in [0.29, 0.717) is 55.9 Å². The third-order valence-electron chi connectivity index (χ3n) is 9.25. The van der Waals surface area contributed by atoms with Crippen LogP contribution in [-0.4, -0.2) is 95.6 Å². The van der Waals surface area contributed by atoms with Gasteiger partial charge in [-0.2, -0.15) is 5.21 Å². The minimum absolute atomic E-state index is 0. The molecule has 0 unspecified atom stereocenters. The summed E-state index contributed by atoms with van der Waals surface area (Å²) in [6, 6.07) is 19.7. The molecule has 1 fully saturated rings. The smallest absolute Gasteiger partial charge is 0.251 e. The molecule has 1 aliphatic carbocycles. The number of rotatable bonds is 18. The van der Waals surface area contributed by atoms with Crippen molar-refractivity contribution in [1.82, 2.24) is 31.3 Å². The Morgan fingerprint density at radius 3 is 2.38 bits per heavy atom. The zero-order valence-electron chi connectivity index (χ0n) is 29.9. The lowest BCUT2D eigenvalue weighted by Crippen LogP contribution is -2.48. The van der Waals surface area contributed by atoms with Crippen LogP contribution in [0.5, 0.6) is 0 Å². The van der Waals surface area contributed by atoms with Crippen LogP contribution in [0.25, 0.3) is 22.5 Å². The fourth-order valence-electron chi connectivity index (χ4n) is 6.33. The summed E-state index contributed by atoms with van der Waals surface area (Å²) in [5, 5.41) is 31.6. The van der Waals surface area contributed by atoms with Crippen LogP contribution in [0.3, 0.4) is 0 Å². The van der Waals surface area contributed by atoms with Crippen LogP contribution in [0.2, 0.25) is 0 Å². The summed E-state index contributed by atoms with van der Waals surface area (Å²) >= 11 is 0. The molecule has 3 aromatic carbocycles. The van der Waals surface area contributed by atoms with Gasteiger partial charge in [-0.25, -0.2) is 0 Å². The first kappa shape index (κ1) is 41.0. The molecular weight excluding hydrogens is 700 g/mol. The number of hydrogen-bond donors (Lipinski definition) is 6. The van der Waals surface area contributed by atoms with Gasteiger partial charge >= 0.3 is 0 Å². The molecule has 3 amide bonds. The van der Waals surface area contributed by atoms with Crippen molar-refractivity contribution in [3.05, 3.63) is 83.4 Å². The SMILES string of the molecule is Cc1cc(C(=O)NCCOCCOCCO)ccc1-c1cccc(C[C@H](NC(=O)C2CCC(CN)CC2)C(=O)Nc2ccc(-c3nn[nH]n3)cc2)c1.Cl. The summed E-state index contributed by atoms with van der Waals surface area (Å²) in [6.45, 7) is 4.28. The van der Waals surface area contributed by atoms with Crippen LogP contribution >= 0.6 is 12.4 Å². The molecule has 1 heterocycles. The van der Waals surface area contributed by atoms with Crippen LogP contribution in [0.1, 0.15) is 47.2 Å². The number of carbonyl (C=O) groups excluding carboxylic acids is 3. The number of H-pyrrole nitrogens is 1. The molecule has 1 aliphatic rings. The normalized spacial score (nSPS) is 15.9. The Morgan fingerprint density at radius 2 is 1.70 bits per heavy atom. The van der Waals surface area contributed by atoms with Gasteiger partial charge in [0.15, 0.2) is 0 Å². The lowest BCUT2D eigenvalue weighted by atomic mass is 9.81. The highest BCUT2D eigenvalue weighted by Gasteiger charge is 2.29. The maximum Gasteiger partial charge on any atom is 0.251 e. The third-order valence-corrected chi connectivity index (χ3v) is 9.25. The average molecular weight is 749 g/mol. The van der Waals surface area contributed by atoms with Crippen molar-refractivity contribution in [3.8, 4) is 22.5 Å². The summed E-state index contributed by atoms with van der Waals surface area (Å²) in [7, 11) is 0. The Bertz CT molecular complexity index is 1750. The number of carbonyl (C=O) groups is 3. The van der Waals surface area contributed by atoms with E-state index in [2.05, 4.69) is 36.6 Å². The monoisotopic (exact) mass is 748 g/mol. The van der Waals surface area contributed by atoms with Crippen molar-refractivity contribution in [2.24, 2.45) is 17.6 Å². The van der Waals surface area contributed by atoms with E-state index in [1.807, 2.05) is 43.3 Å². The molecule has 14 nitrogen and oxygen atoms in total. The van der Waals surface area contributed by atoms with Crippen molar-refractivity contribution < 1.29 is 29.0 Å². The number of hydrogen-bond acceptors (Lipinski definition) is 10. The molecule has 4 aromatic rings. The first-order valence-electron chi connectivity index (χ1n) is 17.7. The fraction of sp³-hybridized carbons (Fsp3) is 0.421. The molecule has 284 valence electrons. The molecule has 15 heteroatoms. The number of amides is 3. The van der Waals surface area contributed by atoms with Gasteiger partial charge in [-0.1, -0.05) is 30.3 Å². The maximum atomic E-state index is 13.8. The van der Waals surface area contributed by atoms with Gasteiger partial charge in [-0.15, -0.1) is 22.6 Å². The van der Waals surface area contributed by atoms with Crippen molar-refractivity contribution in [2.45, 2.75) is 45.1 Å². The van der Waals surface area contributed by atoms with Gasteiger partial charge in [-0.3, -0.25) is 14.4 Å². The Kier molecular flexibility index (Phi) is 16.3. The summed E-state index contributed by atoms with van der Waals surface area (Å²) < 4.78 is 10.6. The number of anilines is 1. The molecule has 1 aromatic heterocycles. The first-order valence-corrected chi connectivity index (χ1v) is 17.7. The second kappa shape index (κ2) is 21.1. The predicted octanol–water partition coefficient (Wildman–Crippen LogP) is 3.45. The minimum atomic E-state index is -0.823. The number of halogens is 1. The van der Waals surface area contributed by atoms with Gasteiger partial charge in [0.25, 0.3) is 5.91 Å². The quantitative estimate of drug-likeness (QED) is 0.0818. The number of aliphatic hydroxyl groups excluding tert-OH is 1. The number of nitrogens with zero attached hydrogens (tertiary/aromatic N) is 3. The fourth-order valence-corrected chi connectivity index (χ4v) is 6.33. The summed E-state index contributed by atoms with van der Waals surface area (Å²) in [5.41, 5.74) is 11.4. The lowest BCUT2D eigenvalue weighted by Gasteiger charge is -2.28. The number of benzene rings is 3. The number of nitrogens with two attached hydrogens (primary N) is 1. The number of nitrogens with one attached hydrogen (secondary N) is 4. The van der Waals surface area contributed by atoms with Gasteiger partial charge in [-0.05, 0) is 109 Å². The van der Waals surface area contributed by atoms with Gasteiger partial charge in [0.2, 0.25) is 17.6 Å². The third kappa shape index (κ3) is 12.2. The van der Waals surface area contributed by atoms with E-state index in [-0.39, 0.29) is 55.7 Å². The van der Waals surface area contributed by atoms with Gasteiger partial charge in [0.1, 0.15) is 6.04 Å². The molecule has 0 aliphatic heterocycles. The molecular formula is C38H49ClN8O6. The van der Waals surface area contributed by atoms with Gasteiger partial charge in [0.05, 0.1) is 33.0 Å².